The zero-order valence-electron chi connectivity index (χ0n) is 15.0. The molecule has 2 aromatic carbocycles. The maximum atomic E-state index is 12.7. The van der Waals surface area contributed by atoms with Gasteiger partial charge in [0.1, 0.15) is 0 Å². The van der Waals surface area contributed by atoms with Crippen molar-refractivity contribution in [1.29, 1.82) is 0 Å². The summed E-state index contributed by atoms with van der Waals surface area (Å²) in [5.41, 5.74) is -2.07. The molecule has 0 aliphatic heterocycles. The Morgan fingerprint density at radius 3 is 2.23 bits per heavy atom. The second-order valence-electron chi connectivity index (χ2n) is 5.85. The van der Waals surface area contributed by atoms with Crippen molar-refractivity contribution in [3.8, 4) is 0 Å². The number of alkyl halides is 6. The Kier molecular flexibility index (Phi) is 7.16. The standard InChI is InChI=1S/C18H11ClF6N2O4/c19-12-5-4-10(17(20,21)22)7-13(12)27-14(28)8-31-15(29)9-2-1-3-11(6-9)26-16(30)18(23,24)25/h1-7H,8H2,(H,26,30)(H,27,28). The van der Waals surface area contributed by atoms with Crippen LogP contribution in [0.3, 0.4) is 0 Å². The second kappa shape index (κ2) is 9.25. The van der Waals surface area contributed by atoms with E-state index in [0.717, 1.165) is 30.3 Å². The predicted octanol–water partition coefficient (Wildman–Crippen LogP) is 4.66. The first kappa shape index (κ1) is 24.0. The van der Waals surface area contributed by atoms with Crippen molar-refractivity contribution in [2.45, 2.75) is 12.4 Å². The number of anilines is 2. The van der Waals surface area contributed by atoms with Crippen molar-refractivity contribution in [3.63, 3.8) is 0 Å². The van der Waals surface area contributed by atoms with Crippen LogP contribution in [0, 0.1) is 0 Å². The largest absolute Gasteiger partial charge is 0.471 e. The topological polar surface area (TPSA) is 84.5 Å². The van der Waals surface area contributed by atoms with Gasteiger partial charge in [-0.1, -0.05) is 17.7 Å². The van der Waals surface area contributed by atoms with Crippen LogP contribution in [0.4, 0.5) is 37.7 Å². The second-order valence-corrected chi connectivity index (χ2v) is 6.26. The molecule has 0 bridgehead atoms. The van der Waals surface area contributed by atoms with Crippen LogP contribution in [0.2, 0.25) is 5.02 Å². The van der Waals surface area contributed by atoms with E-state index in [0.29, 0.717) is 12.1 Å². The van der Waals surface area contributed by atoms with E-state index in [1.54, 1.807) is 5.32 Å². The molecule has 0 saturated carbocycles. The molecule has 0 fully saturated rings. The van der Waals surface area contributed by atoms with Gasteiger partial charge >= 0.3 is 24.2 Å². The monoisotopic (exact) mass is 468 g/mol. The van der Waals surface area contributed by atoms with Crippen LogP contribution < -0.4 is 10.6 Å². The lowest BCUT2D eigenvalue weighted by Gasteiger charge is -2.12. The summed E-state index contributed by atoms with van der Waals surface area (Å²) in [7, 11) is 0. The Labute approximate surface area is 175 Å². The van der Waals surface area contributed by atoms with E-state index in [9.17, 15) is 40.7 Å². The zero-order valence-corrected chi connectivity index (χ0v) is 15.8. The molecule has 0 unspecified atom stereocenters. The van der Waals surface area contributed by atoms with Gasteiger partial charge in [-0.3, -0.25) is 9.59 Å². The van der Waals surface area contributed by atoms with Crippen LogP contribution in [0.1, 0.15) is 15.9 Å². The maximum Gasteiger partial charge on any atom is 0.471 e. The molecule has 0 aliphatic carbocycles. The highest BCUT2D eigenvalue weighted by molar-refractivity contribution is 6.33. The van der Waals surface area contributed by atoms with Gasteiger partial charge in [0, 0.05) is 5.69 Å². The molecule has 2 amide bonds. The highest BCUT2D eigenvalue weighted by Gasteiger charge is 2.38. The average molecular weight is 469 g/mol. The van der Waals surface area contributed by atoms with Gasteiger partial charge in [0.25, 0.3) is 5.91 Å². The third-order valence-corrected chi connectivity index (χ3v) is 3.85. The summed E-state index contributed by atoms with van der Waals surface area (Å²) in [5, 5.41) is 3.40. The van der Waals surface area contributed by atoms with Crippen molar-refractivity contribution in [3.05, 3.63) is 58.6 Å². The minimum absolute atomic E-state index is 0.194. The first-order valence-corrected chi connectivity index (χ1v) is 8.47. The molecule has 0 atom stereocenters. The normalized spacial score (nSPS) is 11.6. The molecular formula is C18H11ClF6N2O4. The molecule has 2 aromatic rings. The van der Waals surface area contributed by atoms with Crippen LogP contribution in [-0.2, 0) is 20.5 Å². The molecule has 0 heterocycles. The van der Waals surface area contributed by atoms with Crippen LogP contribution in [0.25, 0.3) is 0 Å². The van der Waals surface area contributed by atoms with Gasteiger partial charge in [0.05, 0.1) is 21.8 Å². The van der Waals surface area contributed by atoms with Gasteiger partial charge in [-0.05, 0) is 36.4 Å². The van der Waals surface area contributed by atoms with Crippen LogP contribution in [0.15, 0.2) is 42.5 Å². The molecule has 0 aliphatic rings. The Morgan fingerprint density at radius 2 is 1.61 bits per heavy atom. The summed E-state index contributed by atoms with van der Waals surface area (Å²) >= 11 is 5.74. The molecule has 0 radical (unpaired) electrons. The lowest BCUT2D eigenvalue weighted by Crippen LogP contribution is -2.30. The fourth-order valence-electron chi connectivity index (χ4n) is 2.12. The third kappa shape index (κ3) is 6.88. The summed E-state index contributed by atoms with van der Waals surface area (Å²) < 4.78 is 79.7. The number of halogens is 7. The molecule has 0 saturated heterocycles. The number of rotatable bonds is 5. The van der Waals surface area contributed by atoms with E-state index in [-0.39, 0.29) is 22.0 Å². The molecule has 2 rings (SSSR count). The highest BCUT2D eigenvalue weighted by atomic mass is 35.5. The number of amides is 2. The number of carbonyl (C=O) groups is 3. The van der Waals surface area contributed by atoms with E-state index in [2.05, 4.69) is 10.1 Å². The van der Waals surface area contributed by atoms with Crippen LogP contribution in [0.5, 0.6) is 0 Å². The summed E-state index contributed by atoms with van der Waals surface area (Å²) in [6.07, 6.45) is -9.82. The fourth-order valence-corrected chi connectivity index (χ4v) is 2.29. The first-order chi connectivity index (χ1) is 14.3. The number of benzene rings is 2. The molecule has 6 nitrogen and oxygen atoms in total. The Bertz CT molecular complexity index is 1010. The van der Waals surface area contributed by atoms with Gasteiger partial charge in [-0.25, -0.2) is 4.79 Å². The van der Waals surface area contributed by atoms with Crippen molar-refractivity contribution < 1.29 is 45.5 Å². The smallest absolute Gasteiger partial charge is 0.452 e. The van der Waals surface area contributed by atoms with Crippen molar-refractivity contribution >= 4 is 40.8 Å². The maximum absolute atomic E-state index is 12.7. The first-order valence-electron chi connectivity index (χ1n) is 8.09. The Hall–Kier alpha value is -3.28. The summed E-state index contributed by atoms with van der Waals surface area (Å²) in [6.45, 7) is -0.926. The number of carbonyl (C=O) groups excluding carboxylic acids is 3. The quantitative estimate of drug-likeness (QED) is 0.494. The van der Waals surface area contributed by atoms with Gasteiger partial charge in [0.2, 0.25) is 0 Å². The van der Waals surface area contributed by atoms with E-state index >= 15 is 0 Å². The Morgan fingerprint density at radius 1 is 0.935 bits per heavy atom. The van der Waals surface area contributed by atoms with E-state index < -0.39 is 42.3 Å². The summed E-state index contributed by atoms with van der Waals surface area (Å²) in [5.74, 6) is -4.40. The minimum atomic E-state index is -5.14. The number of esters is 1. The minimum Gasteiger partial charge on any atom is -0.452 e. The van der Waals surface area contributed by atoms with Crippen LogP contribution >= 0.6 is 11.6 Å². The molecule has 0 spiro atoms. The predicted molar refractivity (Wildman–Crippen MR) is 96.5 cm³/mol. The zero-order chi connectivity index (χ0) is 23.4. The number of hydrogen-bond donors (Lipinski definition) is 2. The fraction of sp³-hybridized carbons (Fsp3) is 0.167. The van der Waals surface area contributed by atoms with Crippen LogP contribution in [-0.4, -0.2) is 30.6 Å². The van der Waals surface area contributed by atoms with Gasteiger partial charge in [0.15, 0.2) is 6.61 Å². The lowest BCUT2D eigenvalue weighted by molar-refractivity contribution is -0.167. The molecule has 166 valence electrons. The third-order valence-electron chi connectivity index (χ3n) is 3.52. The Balaban J connectivity index is 2.00. The van der Waals surface area contributed by atoms with E-state index in [1.165, 1.54) is 0 Å². The average Bonchev–Trinajstić information content (AvgIpc) is 2.66. The van der Waals surface area contributed by atoms with E-state index in [1.807, 2.05) is 0 Å². The van der Waals surface area contributed by atoms with Gasteiger partial charge < -0.3 is 15.4 Å². The molecule has 13 heteroatoms. The molecule has 31 heavy (non-hydrogen) atoms. The van der Waals surface area contributed by atoms with Gasteiger partial charge in [-0.15, -0.1) is 0 Å². The number of hydrogen-bond acceptors (Lipinski definition) is 4. The van der Waals surface area contributed by atoms with Gasteiger partial charge in [-0.2, -0.15) is 26.3 Å². The van der Waals surface area contributed by atoms with Crippen molar-refractivity contribution in [2.24, 2.45) is 0 Å². The lowest BCUT2D eigenvalue weighted by atomic mass is 10.2. The SMILES string of the molecule is O=C(COC(=O)c1cccc(NC(=O)C(F)(F)F)c1)Nc1cc(C(F)(F)F)ccc1Cl. The van der Waals surface area contributed by atoms with Crippen molar-refractivity contribution in [1.82, 2.24) is 0 Å². The highest BCUT2D eigenvalue weighted by Crippen LogP contribution is 2.33. The summed E-state index contributed by atoms with van der Waals surface area (Å²) in [4.78, 5) is 34.8. The molecule has 2 N–H and O–H groups in total. The summed E-state index contributed by atoms with van der Waals surface area (Å²) in [6, 6.07) is 6.50. The number of ether oxygens (including phenoxy) is 1. The molecular weight excluding hydrogens is 458 g/mol. The van der Waals surface area contributed by atoms with E-state index in [4.69, 9.17) is 11.6 Å². The number of nitrogens with one attached hydrogen (secondary N) is 2. The molecule has 0 aromatic heterocycles. The van der Waals surface area contributed by atoms with Crippen molar-refractivity contribution in [2.75, 3.05) is 17.2 Å².